The number of amides is 1. The zero-order valence-corrected chi connectivity index (χ0v) is 8.97. The Balaban J connectivity index is 3.73. The van der Waals surface area contributed by atoms with E-state index in [2.05, 4.69) is 5.32 Å². The molecule has 1 amide bonds. The number of nitrogens with two attached hydrogens (primary N) is 1. The Kier molecular flexibility index (Phi) is 6.98. The Morgan fingerprint density at radius 3 is 2.86 bits per heavy atom. The van der Waals surface area contributed by atoms with Gasteiger partial charge < -0.3 is 11.1 Å². The fourth-order valence-corrected chi connectivity index (χ4v) is 1.55. The summed E-state index contributed by atoms with van der Waals surface area (Å²) in [6.07, 6.45) is 0.269. The van der Waals surface area contributed by atoms with E-state index < -0.39 is 10.8 Å². The van der Waals surface area contributed by atoms with Gasteiger partial charge in [-0.25, -0.2) is 0 Å². The molecule has 80 valence electrons. The number of nitrogens with one attached hydrogen (secondary N) is 1. The lowest BCUT2D eigenvalue weighted by molar-refractivity contribution is -0.118. The summed E-state index contributed by atoms with van der Waals surface area (Å²) >= 11 is 0. The normalized spacial score (nSPS) is 14.1. The van der Waals surface area contributed by atoms with E-state index >= 15 is 0 Å². The molecule has 0 rings (SSSR count). The maximum Gasteiger partial charge on any atom is 0.232 e. The van der Waals surface area contributed by atoms with E-state index in [1.807, 2.05) is 6.07 Å². The molecule has 2 atom stereocenters. The van der Waals surface area contributed by atoms with Crippen molar-refractivity contribution in [3.8, 4) is 6.07 Å². The van der Waals surface area contributed by atoms with Gasteiger partial charge in [0.25, 0.3) is 0 Å². The molecule has 3 N–H and O–H groups in total. The number of carbonyl (C=O) groups is 1. The van der Waals surface area contributed by atoms with Gasteiger partial charge in [0.05, 0.1) is 12.5 Å². The highest BCUT2D eigenvalue weighted by molar-refractivity contribution is 7.86. The molecule has 6 heteroatoms. The van der Waals surface area contributed by atoms with E-state index in [4.69, 9.17) is 11.0 Å². The van der Waals surface area contributed by atoms with E-state index in [0.717, 1.165) is 0 Å². The summed E-state index contributed by atoms with van der Waals surface area (Å²) in [5, 5.41) is 10.5. The first kappa shape index (κ1) is 13.1. The van der Waals surface area contributed by atoms with Gasteiger partial charge in [-0.15, -0.1) is 0 Å². The number of hydrogen-bond donors (Lipinski definition) is 2. The molecule has 0 bridgehead atoms. The Morgan fingerprint density at radius 1 is 1.71 bits per heavy atom. The van der Waals surface area contributed by atoms with Crippen LogP contribution in [0.25, 0.3) is 0 Å². The molecule has 0 aliphatic carbocycles. The summed E-state index contributed by atoms with van der Waals surface area (Å²) in [6, 6.07) is 1.90. The SMILES string of the molecule is CC(CN)S(=O)CC(=O)NCCC#N. The van der Waals surface area contributed by atoms with Gasteiger partial charge in [0, 0.05) is 29.1 Å². The summed E-state index contributed by atoms with van der Waals surface area (Å²) in [4.78, 5) is 11.1. The van der Waals surface area contributed by atoms with Crippen molar-refractivity contribution in [1.82, 2.24) is 5.32 Å². The molecule has 0 fully saturated rings. The van der Waals surface area contributed by atoms with Crippen LogP contribution < -0.4 is 11.1 Å². The second-order valence-electron chi connectivity index (χ2n) is 2.83. The lowest BCUT2D eigenvalue weighted by Gasteiger charge is -2.07. The minimum Gasteiger partial charge on any atom is -0.354 e. The van der Waals surface area contributed by atoms with E-state index in [0.29, 0.717) is 13.1 Å². The van der Waals surface area contributed by atoms with Crippen molar-refractivity contribution in [2.45, 2.75) is 18.6 Å². The molecule has 0 saturated carbocycles. The highest BCUT2D eigenvalue weighted by atomic mass is 32.2. The predicted molar refractivity (Wildman–Crippen MR) is 54.8 cm³/mol. The molecule has 0 saturated heterocycles. The first-order valence-electron chi connectivity index (χ1n) is 4.32. The van der Waals surface area contributed by atoms with Crippen LogP contribution in [-0.4, -0.2) is 34.2 Å². The fraction of sp³-hybridized carbons (Fsp3) is 0.750. The summed E-state index contributed by atoms with van der Waals surface area (Å²) < 4.78 is 11.3. The molecule has 14 heavy (non-hydrogen) atoms. The maximum atomic E-state index is 11.3. The molecule has 0 radical (unpaired) electrons. The topological polar surface area (TPSA) is 96.0 Å². The summed E-state index contributed by atoms with van der Waals surface area (Å²) in [6.45, 7) is 2.35. The van der Waals surface area contributed by atoms with Crippen LogP contribution in [0, 0.1) is 11.3 Å². The van der Waals surface area contributed by atoms with Gasteiger partial charge in [0.2, 0.25) is 5.91 Å². The largest absolute Gasteiger partial charge is 0.354 e. The van der Waals surface area contributed by atoms with Gasteiger partial charge in [-0.1, -0.05) is 0 Å². The Bertz CT molecular complexity index is 249. The standard InChI is InChI=1S/C8H15N3O2S/c1-7(5-10)14(13)6-8(12)11-4-2-3-9/h7H,2,4-6,10H2,1H3,(H,11,12). The van der Waals surface area contributed by atoms with Crippen LogP contribution in [0.3, 0.4) is 0 Å². The van der Waals surface area contributed by atoms with Crippen LogP contribution >= 0.6 is 0 Å². The van der Waals surface area contributed by atoms with Gasteiger partial charge in [0.1, 0.15) is 5.75 Å². The Labute approximate surface area is 86.1 Å². The maximum absolute atomic E-state index is 11.3. The molecule has 0 spiro atoms. The minimum atomic E-state index is -1.22. The van der Waals surface area contributed by atoms with Crippen LogP contribution in [0.5, 0.6) is 0 Å². The molecular weight excluding hydrogens is 202 g/mol. The van der Waals surface area contributed by atoms with E-state index in [9.17, 15) is 9.00 Å². The van der Waals surface area contributed by atoms with Crippen LogP contribution in [0.1, 0.15) is 13.3 Å². The van der Waals surface area contributed by atoms with Crippen LogP contribution in [0.4, 0.5) is 0 Å². The first-order chi connectivity index (χ1) is 6.61. The van der Waals surface area contributed by atoms with Crippen molar-refractivity contribution in [2.24, 2.45) is 5.73 Å². The summed E-state index contributed by atoms with van der Waals surface area (Å²) in [5.41, 5.74) is 5.30. The van der Waals surface area contributed by atoms with Crippen LogP contribution in [-0.2, 0) is 15.6 Å². The molecule has 0 heterocycles. The monoisotopic (exact) mass is 217 g/mol. The molecule has 2 unspecified atom stereocenters. The van der Waals surface area contributed by atoms with Crippen molar-refractivity contribution in [1.29, 1.82) is 5.26 Å². The Morgan fingerprint density at radius 2 is 2.36 bits per heavy atom. The number of nitrogens with zero attached hydrogens (tertiary/aromatic N) is 1. The molecule has 0 aliphatic rings. The average molecular weight is 217 g/mol. The van der Waals surface area contributed by atoms with Gasteiger partial charge in [-0.3, -0.25) is 9.00 Å². The quantitative estimate of drug-likeness (QED) is 0.564. The second kappa shape index (κ2) is 7.47. The summed E-state index contributed by atoms with van der Waals surface area (Å²) in [5.74, 6) is -0.331. The second-order valence-corrected chi connectivity index (χ2v) is 4.68. The van der Waals surface area contributed by atoms with Gasteiger partial charge in [0.15, 0.2) is 0 Å². The van der Waals surface area contributed by atoms with Crippen molar-refractivity contribution in [2.75, 3.05) is 18.8 Å². The van der Waals surface area contributed by atoms with Crippen LogP contribution in [0.2, 0.25) is 0 Å². The predicted octanol–water partition coefficient (Wildman–Crippen LogP) is -0.888. The average Bonchev–Trinajstić information content (AvgIpc) is 2.16. The van der Waals surface area contributed by atoms with Gasteiger partial charge in [-0.05, 0) is 6.92 Å². The molecule has 5 nitrogen and oxygen atoms in total. The lowest BCUT2D eigenvalue weighted by atomic mass is 10.4. The molecule has 0 aromatic heterocycles. The number of carbonyl (C=O) groups excluding carboxylic acids is 1. The van der Waals surface area contributed by atoms with E-state index in [-0.39, 0.29) is 23.3 Å². The van der Waals surface area contributed by atoms with Gasteiger partial charge >= 0.3 is 0 Å². The van der Waals surface area contributed by atoms with Crippen molar-refractivity contribution >= 4 is 16.7 Å². The van der Waals surface area contributed by atoms with E-state index in [1.54, 1.807) is 6.92 Å². The smallest absolute Gasteiger partial charge is 0.232 e. The molecule has 0 aliphatic heterocycles. The van der Waals surface area contributed by atoms with Crippen molar-refractivity contribution in [3.63, 3.8) is 0 Å². The molecular formula is C8H15N3O2S. The summed E-state index contributed by atoms with van der Waals surface area (Å²) in [7, 11) is -1.22. The molecule has 0 aromatic rings. The fourth-order valence-electron chi connectivity index (χ4n) is 0.688. The third-order valence-corrected chi connectivity index (χ3v) is 3.25. The van der Waals surface area contributed by atoms with E-state index in [1.165, 1.54) is 0 Å². The number of nitriles is 1. The number of rotatable bonds is 6. The zero-order valence-electron chi connectivity index (χ0n) is 8.16. The minimum absolute atomic E-state index is 0.0379. The highest BCUT2D eigenvalue weighted by Gasteiger charge is 2.12. The highest BCUT2D eigenvalue weighted by Crippen LogP contribution is 1.93. The van der Waals surface area contributed by atoms with Crippen molar-refractivity contribution in [3.05, 3.63) is 0 Å². The third kappa shape index (κ3) is 5.67. The zero-order chi connectivity index (χ0) is 11.0. The van der Waals surface area contributed by atoms with Crippen LogP contribution in [0.15, 0.2) is 0 Å². The Hall–Kier alpha value is -0.930. The number of hydrogen-bond acceptors (Lipinski definition) is 4. The van der Waals surface area contributed by atoms with Crippen molar-refractivity contribution < 1.29 is 9.00 Å². The first-order valence-corrected chi connectivity index (χ1v) is 5.71. The lowest BCUT2D eigenvalue weighted by Crippen LogP contribution is -2.33. The van der Waals surface area contributed by atoms with Gasteiger partial charge in [-0.2, -0.15) is 5.26 Å². The molecule has 0 aromatic carbocycles. The third-order valence-electron chi connectivity index (χ3n) is 1.61.